The Morgan fingerprint density at radius 1 is 1.69 bits per heavy atom. The molecule has 1 aliphatic carbocycles. The number of carboxylic acid groups (broad SMARTS) is 1. The molecular formula is C7H5NO4S. The SMILES string of the molecule is O=C(O)C1=C([N+](=O)[O-])C(=S)CC=C1. The summed E-state index contributed by atoms with van der Waals surface area (Å²) in [4.78, 5) is 20.3. The summed E-state index contributed by atoms with van der Waals surface area (Å²) in [5, 5.41) is 19.0. The standard InChI is InChI=1S/C7H5NO4S/c9-7(10)4-2-1-3-5(13)6(4)8(11)12/h1-2H,3H2,(H,9,10). The number of rotatable bonds is 2. The second-order valence-corrected chi connectivity index (χ2v) is 2.85. The predicted octanol–water partition coefficient (Wildman–Crippen LogP) is 0.932. The molecule has 13 heavy (non-hydrogen) atoms. The van der Waals surface area contributed by atoms with Gasteiger partial charge >= 0.3 is 5.97 Å². The van der Waals surface area contributed by atoms with Crippen molar-refractivity contribution >= 4 is 23.1 Å². The summed E-state index contributed by atoms with van der Waals surface area (Å²) in [5.41, 5.74) is -0.814. The van der Waals surface area contributed by atoms with Gasteiger partial charge in [-0.2, -0.15) is 0 Å². The van der Waals surface area contributed by atoms with Crippen LogP contribution in [0.5, 0.6) is 0 Å². The molecule has 0 aromatic carbocycles. The first-order valence-corrected chi connectivity index (χ1v) is 3.76. The van der Waals surface area contributed by atoms with E-state index in [9.17, 15) is 14.9 Å². The average molecular weight is 199 g/mol. The van der Waals surface area contributed by atoms with E-state index in [1.54, 1.807) is 0 Å². The molecule has 0 fully saturated rings. The van der Waals surface area contributed by atoms with Crippen molar-refractivity contribution in [2.45, 2.75) is 6.42 Å². The van der Waals surface area contributed by atoms with E-state index in [1.165, 1.54) is 12.2 Å². The Balaban J connectivity index is 3.28. The zero-order valence-corrected chi connectivity index (χ0v) is 7.21. The first-order valence-electron chi connectivity index (χ1n) is 3.35. The Labute approximate surface area is 78.5 Å². The van der Waals surface area contributed by atoms with E-state index in [4.69, 9.17) is 5.11 Å². The van der Waals surface area contributed by atoms with Gasteiger partial charge in [0.15, 0.2) is 0 Å². The molecule has 0 saturated heterocycles. The summed E-state index contributed by atoms with van der Waals surface area (Å²) in [6.45, 7) is 0. The van der Waals surface area contributed by atoms with Crippen LogP contribution >= 0.6 is 12.2 Å². The van der Waals surface area contributed by atoms with E-state index >= 15 is 0 Å². The minimum absolute atomic E-state index is 0.0601. The minimum Gasteiger partial charge on any atom is -0.477 e. The van der Waals surface area contributed by atoms with Crippen molar-refractivity contribution in [1.29, 1.82) is 0 Å². The minimum atomic E-state index is -1.33. The van der Waals surface area contributed by atoms with Gasteiger partial charge in [0.05, 0.1) is 9.79 Å². The van der Waals surface area contributed by atoms with Crippen molar-refractivity contribution < 1.29 is 14.8 Å². The number of aliphatic carboxylic acids is 1. The van der Waals surface area contributed by atoms with Crippen molar-refractivity contribution in [3.8, 4) is 0 Å². The summed E-state index contributed by atoms with van der Waals surface area (Å²) < 4.78 is 0. The highest BCUT2D eigenvalue weighted by molar-refractivity contribution is 7.80. The third-order valence-electron chi connectivity index (χ3n) is 1.52. The molecule has 0 heterocycles. The summed E-state index contributed by atoms with van der Waals surface area (Å²) >= 11 is 4.69. The lowest BCUT2D eigenvalue weighted by Crippen LogP contribution is -2.18. The highest BCUT2D eigenvalue weighted by Gasteiger charge is 2.28. The molecule has 0 amide bonds. The molecule has 0 atom stereocenters. The van der Waals surface area contributed by atoms with Gasteiger partial charge < -0.3 is 5.11 Å². The van der Waals surface area contributed by atoms with Gasteiger partial charge in [-0.1, -0.05) is 18.3 Å². The van der Waals surface area contributed by atoms with E-state index in [1.807, 2.05) is 0 Å². The molecule has 1 N–H and O–H groups in total. The van der Waals surface area contributed by atoms with Gasteiger partial charge in [-0.25, -0.2) is 4.79 Å². The molecule has 5 nitrogen and oxygen atoms in total. The number of carboxylic acids is 1. The fraction of sp³-hybridized carbons (Fsp3) is 0.143. The zero-order chi connectivity index (χ0) is 10.0. The van der Waals surface area contributed by atoms with Crippen LogP contribution in [-0.2, 0) is 4.79 Å². The fourth-order valence-corrected chi connectivity index (χ4v) is 1.26. The number of thiocarbonyl (C=S) groups is 1. The Hall–Kier alpha value is -1.56. The van der Waals surface area contributed by atoms with Crippen LogP contribution in [0.4, 0.5) is 0 Å². The van der Waals surface area contributed by atoms with Crippen LogP contribution in [-0.4, -0.2) is 20.9 Å². The van der Waals surface area contributed by atoms with E-state index in [0.717, 1.165) is 0 Å². The molecule has 0 radical (unpaired) electrons. The van der Waals surface area contributed by atoms with Crippen molar-refractivity contribution in [3.63, 3.8) is 0 Å². The molecule has 0 spiro atoms. The van der Waals surface area contributed by atoms with Crippen LogP contribution in [0, 0.1) is 10.1 Å². The second-order valence-electron chi connectivity index (χ2n) is 2.35. The van der Waals surface area contributed by atoms with Crippen molar-refractivity contribution in [1.82, 2.24) is 0 Å². The summed E-state index contributed by atoms with van der Waals surface area (Å²) in [7, 11) is 0. The quantitative estimate of drug-likeness (QED) is 0.406. The molecule has 0 aromatic heterocycles. The molecular weight excluding hydrogens is 194 g/mol. The van der Waals surface area contributed by atoms with Gasteiger partial charge in [0.1, 0.15) is 5.57 Å². The summed E-state index contributed by atoms with van der Waals surface area (Å²) in [5.74, 6) is -1.33. The number of nitrogens with zero attached hydrogens (tertiary/aromatic N) is 1. The van der Waals surface area contributed by atoms with Gasteiger partial charge in [-0.05, 0) is 6.08 Å². The van der Waals surface area contributed by atoms with Crippen LogP contribution in [0.25, 0.3) is 0 Å². The lowest BCUT2D eigenvalue weighted by molar-refractivity contribution is -0.415. The van der Waals surface area contributed by atoms with Crippen LogP contribution in [0.3, 0.4) is 0 Å². The molecule has 0 unspecified atom stereocenters. The number of hydrogen-bond donors (Lipinski definition) is 1. The van der Waals surface area contributed by atoms with Gasteiger partial charge in [0, 0.05) is 6.42 Å². The molecule has 1 aliphatic rings. The molecule has 0 saturated carbocycles. The lowest BCUT2D eigenvalue weighted by atomic mass is 10.0. The van der Waals surface area contributed by atoms with Crippen molar-refractivity contribution in [2.24, 2.45) is 0 Å². The third kappa shape index (κ3) is 1.78. The maximum atomic E-state index is 10.5. The molecule has 0 aromatic rings. The normalized spacial score (nSPS) is 16.2. The highest BCUT2D eigenvalue weighted by atomic mass is 32.1. The van der Waals surface area contributed by atoms with E-state index in [-0.39, 0.29) is 16.9 Å². The van der Waals surface area contributed by atoms with Gasteiger partial charge in [0.25, 0.3) is 5.70 Å². The first kappa shape index (κ1) is 9.53. The monoisotopic (exact) mass is 199 g/mol. The smallest absolute Gasteiger partial charge is 0.342 e. The topological polar surface area (TPSA) is 80.4 Å². The van der Waals surface area contributed by atoms with E-state index in [0.29, 0.717) is 0 Å². The maximum Gasteiger partial charge on any atom is 0.342 e. The Morgan fingerprint density at radius 2 is 2.31 bits per heavy atom. The predicted molar refractivity (Wildman–Crippen MR) is 48.0 cm³/mol. The number of hydrogen-bond acceptors (Lipinski definition) is 4. The van der Waals surface area contributed by atoms with Crippen LogP contribution < -0.4 is 0 Å². The average Bonchev–Trinajstić information content (AvgIpc) is 2.02. The van der Waals surface area contributed by atoms with Crippen LogP contribution in [0.1, 0.15) is 6.42 Å². The van der Waals surface area contributed by atoms with Crippen molar-refractivity contribution in [2.75, 3.05) is 0 Å². The summed E-state index contributed by atoms with van der Waals surface area (Å²) in [6.07, 6.45) is 2.96. The third-order valence-corrected chi connectivity index (χ3v) is 1.88. The second kappa shape index (κ2) is 3.44. The molecule has 6 heteroatoms. The maximum absolute atomic E-state index is 10.5. The van der Waals surface area contributed by atoms with Gasteiger partial charge in [-0.3, -0.25) is 10.1 Å². The molecule has 0 aliphatic heterocycles. The fourth-order valence-electron chi connectivity index (χ4n) is 0.982. The van der Waals surface area contributed by atoms with E-state index in [2.05, 4.69) is 12.2 Å². The Bertz CT molecular complexity index is 356. The highest BCUT2D eigenvalue weighted by Crippen LogP contribution is 2.17. The largest absolute Gasteiger partial charge is 0.477 e. The summed E-state index contributed by atoms with van der Waals surface area (Å²) in [6, 6.07) is 0. The Morgan fingerprint density at radius 3 is 2.69 bits per heavy atom. The molecule has 1 rings (SSSR count). The zero-order valence-electron chi connectivity index (χ0n) is 6.39. The van der Waals surface area contributed by atoms with E-state index < -0.39 is 16.6 Å². The van der Waals surface area contributed by atoms with Gasteiger partial charge in [0.2, 0.25) is 0 Å². The van der Waals surface area contributed by atoms with Crippen molar-refractivity contribution in [3.05, 3.63) is 33.5 Å². The van der Waals surface area contributed by atoms with Gasteiger partial charge in [-0.15, -0.1) is 0 Å². The first-order chi connectivity index (χ1) is 6.04. The lowest BCUT2D eigenvalue weighted by Gasteiger charge is -2.05. The van der Waals surface area contributed by atoms with Crippen LogP contribution in [0.15, 0.2) is 23.4 Å². The Kier molecular flexibility index (Phi) is 2.52. The van der Waals surface area contributed by atoms with Crippen LogP contribution in [0.2, 0.25) is 0 Å². The number of nitro groups is 1. The molecule has 0 bridgehead atoms. The molecule has 68 valence electrons. The number of carbonyl (C=O) groups is 1. The number of allylic oxidation sites excluding steroid dienone is 2.